The first-order valence-corrected chi connectivity index (χ1v) is 14.5. The fourth-order valence-electron chi connectivity index (χ4n) is 4.04. The lowest BCUT2D eigenvalue weighted by molar-refractivity contribution is -0.139. The van der Waals surface area contributed by atoms with Crippen molar-refractivity contribution in [1.29, 1.82) is 0 Å². The van der Waals surface area contributed by atoms with E-state index in [4.69, 9.17) is 34.2 Å². The second kappa shape index (κ2) is 17.7. The van der Waals surface area contributed by atoms with Crippen LogP contribution in [0.15, 0.2) is 48.5 Å². The second-order valence-electron chi connectivity index (χ2n) is 11.2. The van der Waals surface area contributed by atoms with E-state index in [-0.39, 0.29) is 36.4 Å². The van der Waals surface area contributed by atoms with Gasteiger partial charge in [0.25, 0.3) is 0 Å². The van der Waals surface area contributed by atoms with Gasteiger partial charge in [-0.25, -0.2) is 14.4 Å². The summed E-state index contributed by atoms with van der Waals surface area (Å²) in [6.45, 7) is 11.3. The molecule has 44 heavy (non-hydrogen) atoms. The van der Waals surface area contributed by atoms with E-state index in [1.54, 1.807) is 44.2 Å². The molecule has 3 unspecified atom stereocenters. The number of para-hydroxylation sites is 1. The Balaban J connectivity index is 2.35. The Morgan fingerprint density at radius 2 is 1.27 bits per heavy atom. The molecule has 12 nitrogen and oxygen atoms in total. The molecule has 0 radical (unpaired) electrons. The van der Waals surface area contributed by atoms with Crippen LogP contribution in [0.2, 0.25) is 0 Å². The SMILES string of the molecule is CC(C)CCOC(=O)Oc1ccc(C(C(C)C(C)OC(=O)Oc2ccccc2)[C@H](N)C(=O)O)cc1OC(=O)OCCC(C)C. The van der Waals surface area contributed by atoms with Gasteiger partial charge in [0.05, 0.1) is 13.2 Å². The van der Waals surface area contributed by atoms with Crippen molar-refractivity contribution in [2.45, 2.75) is 72.4 Å². The first-order chi connectivity index (χ1) is 20.8. The molecule has 0 aromatic heterocycles. The number of aliphatic carboxylic acids is 1. The summed E-state index contributed by atoms with van der Waals surface area (Å²) in [7, 11) is 0. The highest BCUT2D eigenvalue weighted by atomic mass is 16.7. The van der Waals surface area contributed by atoms with Crippen LogP contribution in [-0.4, -0.2) is 54.9 Å². The molecule has 0 amide bonds. The number of carbonyl (C=O) groups excluding carboxylic acids is 3. The Morgan fingerprint density at radius 3 is 1.80 bits per heavy atom. The third-order valence-electron chi connectivity index (χ3n) is 6.77. The Labute approximate surface area is 257 Å². The molecule has 242 valence electrons. The predicted octanol–water partition coefficient (Wildman–Crippen LogP) is 6.55. The van der Waals surface area contributed by atoms with Crippen LogP contribution in [0.1, 0.15) is 65.9 Å². The van der Waals surface area contributed by atoms with E-state index in [1.807, 2.05) is 27.7 Å². The normalized spacial score (nSPS) is 13.8. The molecular formula is C32H43NO11. The van der Waals surface area contributed by atoms with Gasteiger partial charge in [-0.05, 0) is 61.4 Å². The molecule has 12 heteroatoms. The molecule has 2 rings (SSSR count). The number of rotatable bonds is 15. The summed E-state index contributed by atoms with van der Waals surface area (Å²) in [4.78, 5) is 49.3. The number of hydrogen-bond acceptors (Lipinski definition) is 11. The number of carbonyl (C=O) groups is 4. The lowest BCUT2D eigenvalue weighted by Crippen LogP contribution is -2.43. The van der Waals surface area contributed by atoms with Crippen molar-refractivity contribution in [2.24, 2.45) is 23.5 Å². The van der Waals surface area contributed by atoms with Gasteiger partial charge in [-0.15, -0.1) is 0 Å². The van der Waals surface area contributed by atoms with Crippen LogP contribution in [0.4, 0.5) is 14.4 Å². The van der Waals surface area contributed by atoms with E-state index in [0.29, 0.717) is 24.3 Å². The molecule has 0 saturated heterocycles. The van der Waals surface area contributed by atoms with Gasteiger partial charge in [-0.2, -0.15) is 0 Å². The average molecular weight is 618 g/mol. The average Bonchev–Trinajstić information content (AvgIpc) is 2.94. The smallest absolute Gasteiger partial charge is 0.480 e. The molecule has 0 aliphatic heterocycles. The van der Waals surface area contributed by atoms with Crippen LogP contribution in [-0.2, 0) is 19.0 Å². The Bertz CT molecular complexity index is 1230. The summed E-state index contributed by atoms with van der Waals surface area (Å²) in [5.41, 5.74) is 6.43. The first-order valence-electron chi connectivity index (χ1n) is 14.5. The number of benzene rings is 2. The highest BCUT2D eigenvalue weighted by molar-refractivity contribution is 5.75. The highest BCUT2D eigenvalue weighted by Crippen LogP contribution is 2.37. The number of hydrogen-bond donors (Lipinski definition) is 2. The molecule has 0 aliphatic carbocycles. The minimum atomic E-state index is -1.46. The van der Waals surface area contributed by atoms with Crippen molar-refractivity contribution < 1.29 is 52.7 Å². The fourth-order valence-corrected chi connectivity index (χ4v) is 4.04. The summed E-state index contributed by atoms with van der Waals surface area (Å²) >= 11 is 0. The van der Waals surface area contributed by atoms with Crippen molar-refractivity contribution in [1.82, 2.24) is 0 Å². The van der Waals surface area contributed by atoms with E-state index in [9.17, 15) is 24.3 Å². The zero-order valence-electron chi connectivity index (χ0n) is 26.0. The molecule has 4 atom stereocenters. The summed E-state index contributed by atoms with van der Waals surface area (Å²) in [6.07, 6.45) is -2.69. The zero-order valence-corrected chi connectivity index (χ0v) is 26.0. The maximum atomic E-state index is 12.5. The molecular weight excluding hydrogens is 574 g/mol. The number of ether oxygens (including phenoxy) is 6. The third-order valence-corrected chi connectivity index (χ3v) is 6.77. The standard InChI is InChI=1S/C32H43NO11/c1-19(2)14-16-39-30(36)43-25-13-12-23(18-26(25)44-31(37)40-17-15-20(3)4)27(28(33)29(34)35)21(5)22(6)41-32(38)42-24-10-8-7-9-11-24/h7-13,18-22,27-28H,14-17,33H2,1-6H3,(H,34,35)/t21?,22?,27?,28-/m0/s1. The monoisotopic (exact) mass is 617 g/mol. The van der Waals surface area contributed by atoms with Crippen molar-refractivity contribution in [3.63, 3.8) is 0 Å². The molecule has 3 N–H and O–H groups in total. The first kappa shape index (κ1) is 35.9. The van der Waals surface area contributed by atoms with Crippen LogP contribution in [0.3, 0.4) is 0 Å². The molecule has 0 spiro atoms. The maximum Gasteiger partial charge on any atom is 0.514 e. The van der Waals surface area contributed by atoms with E-state index in [0.717, 1.165) is 0 Å². The van der Waals surface area contributed by atoms with Crippen molar-refractivity contribution in [3.05, 3.63) is 54.1 Å². The van der Waals surface area contributed by atoms with E-state index in [1.165, 1.54) is 18.2 Å². The van der Waals surface area contributed by atoms with Gasteiger partial charge in [0.15, 0.2) is 11.5 Å². The highest BCUT2D eigenvalue weighted by Gasteiger charge is 2.36. The molecule has 0 fully saturated rings. The summed E-state index contributed by atoms with van der Waals surface area (Å²) in [6, 6.07) is 11.0. The van der Waals surface area contributed by atoms with Crippen LogP contribution in [0.5, 0.6) is 17.2 Å². The topological polar surface area (TPSA) is 170 Å². The van der Waals surface area contributed by atoms with E-state index in [2.05, 4.69) is 0 Å². The van der Waals surface area contributed by atoms with E-state index < -0.39 is 48.4 Å². The van der Waals surface area contributed by atoms with Gasteiger partial charge >= 0.3 is 24.4 Å². The van der Waals surface area contributed by atoms with Crippen LogP contribution in [0.25, 0.3) is 0 Å². The predicted molar refractivity (Wildman–Crippen MR) is 160 cm³/mol. The van der Waals surface area contributed by atoms with Gasteiger partial charge in [0.1, 0.15) is 17.9 Å². The maximum absolute atomic E-state index is 12.5. The number of carboxylic acids is 1. The Kier molecular flexibility index (Phi) is 14.4. The Morgan fingerprint density at radius 1 is 0.727 bits per heavy atom. The van der Waals surface area contributed by atoms with E-state index >= 15 is 0 Å². The van der Waals surface area contributed by atoms with Crippen molar-refractivity contribution >= 4 is 24.4 Å². The third kappa shape index (κ3) is 12.1. The number of nitrogens with two attached hydrogens (primary N) is 1. The minimum absolute atomic E-state index is 0.0983. The zero-order chi connectivity index (χ0) is 32.8. The largest absolute Gasteiger partial charge is 0.514 e. The molecule has 0 heterocycles. The van der Waals surface area contributed by atoms with Gasteiger partial charge in [0.2, 0.25) is 0 Å². The van der Waals surface area contributed by atoms with Gasteiger partial charge in [-0.1, -0.05) is 58.9 Å². The molecule has 2 aromatic rings. The van der Waals surface area contributed by atoms with Crippen LogP contribution < -0.4 is 19.9 Å². The molecule has 0 saturated carbocycles. The summed E-state index contributed by atoms with van der Waals surface area (Å²) in [5, 5.41) is 9.82. The van der Waals surface area contributed by atoms with Gasteiger partial charge in [0, 0.05) is 11.8 Å². The Hall–Kier alpha value is -4.32. The second-order valence-corrected chi connectivity index (χ2v) is 11.2. The summed E-state index contributed by atoms with van der Waals surface area (Å²) in [5.74, 6) is -2.48. The molecule has 0 bridgehead atoms. The number of carboxylic acid groups (broad SMARTS) is 1. The quantitative estimate of drug-likeness (QED) is 0.126. The molecule has 0 aliphatic rings. The van der Waals surface area contributed by atoms with Gasteiger partial charge in [-0.3, -0.25) is 4.79 Å². The van der Waals surface area contributed by atoms with Crippen LogP contribution in [0, 0.1) is 17.8 Å². The lowest BCUT2D eigenvalue weighted by atomic mass is 9.79. The minimum Gasteiger partial charge on any atom is -0.480 e. The fraction of sp³-hybridized carbons (Fsp3) is 0.500. The van der Waals surface area contributed by atoms with Crippen molar-refractivity contribution in [2.75, 3.05) is 13.2 Å². The lowest BCUT2D eigenvalue weighted by Gasteiger charge is -2.31. The van der Waals surface area contributed by atoms with Gasteiger partial charge < -0.3 is 39.3 Å². The van der Waals surface area contributed by atoms with Crippen molar-refractivity contribution in [3.8, 4) is 17.2 Å². The molecule has 2 aromatic carbocycles. The van der Waals surface area contributed by atoms with Crippen LogP contribution >= 0.6 is 0 Å². The summed E-state index contributed by atoms with van der Waals surface area (Å²) < 4.78 is 31.6.